The largest absolute Gasteiger partial charge is 0.466 e. The summed E-state index contributed by atoms with van der Waals surface area (Å²) >= 11 is 0. The molecular weight excluding hydrogens is 396 g/mol. The minimum absolute atomic E-state index is 0.236. The lowest BCUT2D eigenvalue weighted by Gasteiger charge is -2.09. The Bertz CT molecular complexity index is 1290. The molecule has 4 aromatic rings. The quantitative estimate of drug-likeness (QED) is 0.484. The maximum absolute atomic E-state index is 13.0. The summed E-state index contributed by atoms with van der Waals surface area (Å²) in [7, 11) is 0. The third-order valence-electron chi connectivity index (χ3n) is 5.09. The Hall–Kier alpha value is -3.94. The van der Waals surface area contributed by atoms with E-state index in [0.29, 0.717) is 33.7 Å². The maximum Gasteiger partial charge on any atom is 0.270 e. The van der Waals surface area contributed by atoms with Gasteiger partial charge in [-0.1, -0.05) is 24.2 Å². The van der Waals surface area contributed by atoms with Crippen molar-refractivity contribution in [2.24, 2.45) is 0 Å². The molecule has 0 aliphatic heterocycles. The molecule has 0 aliphatic rings. The van der Waals surface area contributed by atoms with Gasteiger partial charge in [0.2, 0.25) is 0 Å². The van der Waals surface area contributed by atoms with E-state index in [1.807, 2.05) is 39.0 Å². The monoisotopic (exact) mass is 418 g/mol. The number of fused-ring (bicyclic) bond motifs is 1. The Morgan fingerprint density at radius 2 is 1.71 bits per heavy atom. The van der Waals surface area contributed by atoms with Crippen LogP contribution in [0.25, 0.3) is 22.4 Å². The predicted octanol–water partition coefficient (Wildman–Crippen LogP) is 4.05. The first kappa shape index (κ1) is 20.3. The standard InChI is InChI=1S/C23H22N4O4/c1-5-15-6-8-16(9-7-15)21(28)25-26-22(29)18-11-19(17-10-12(2)30-14(17)4)24-23-20(18)13(3)27-31-23/h6-11H,5H2,1-4H3,(H,25,28)(H,26,29). The van der Waals surface area contributed by atoms with Gasteiger partial charge in [-0.15, -0.1) is 0 Å². The number of nitrogens with one attached hydrogen (secondary N) is 2. The summed E-state index contributed by atoms with van der Waals surface area (Å²) in [5, 5.41) is 4.42. The number of furan rings is 1. The first-order valence-corrected chi connectivity index (χ1v) is 9.91. The van der Waals surface area contributed by atoms with Crippen LogP contribution < -0.4 is 10.9 Å². The summed E-state index contributed by atoms with van der Waals surface area (Å²) in [5.74, 6) is 0.493. The van der Waals surface area contributed by atoms with Crippen LogP contribution in [-0.4, -0.2) is 22.0 Å². The molecular formula is C23H22N4O4. The molecule has 8 heteroatoms. The molecule has 2 N–H and O–H groups in total. The van der Waals surface area contributed by atoms with Crippen molar-refractivity contribution in [2.45, 2.75) is 34.1 Å². The molecule has 0 saturated heterocycles. The van der Waals surface area contributed by atoms with E-state index >= 15 is 0 Å². The summed E-state index contributed by atoms with van der Waals surface area (Å²) in [5.41, 5.74) is 8.83. The van der Waals surface area contributed by atoms with Crippen molar-refractivity contribution in [3.8, 4) is 11.3 Å². The van der Waals surface area contributed by atoms with Crippen molar-refractivity contribution in [3.05, 3.63) is 70.3 Å². The number of aryl methyl sites for hydroxylation is 4. The van der Waals surface area contributed by atoms with Crippen LogP contribution in [0.3, 0.4) is 0 Å². The van der Waals surface area contributed by atoms with Crippen LogP contribution in [0.4, 0.5) is 0 Å². The second kappa shape index (κ2) is 8.06. The fourth-order valence-corrected chi connectivity index (χ4v) is 3.44. The number of benzene rings is 1. The van der Waals surface area contributed by atoms with Gasteiger partial charge in [-0.2, -0.15) is 0 Å². The number of nitrogens with zero attached hydrogens (tertiary/aromatic N) is 2. The number of hydrogen-bond acceptors (Lipinski definition) is 6. The van der Waals surface area contributed by atoms with Crippen LogP contribution in [0.15, 0.2) is 45.3 Å². The molecule has 3 heterocycles. The minimum Gasteiger partial charge on any atom is -0.466 e. The Morgan fingerprint density at radius 3 is 2.35 bits per heavy atom. The summed E-state index contributed by atoms with van der Waals surface area (Å²) in [6.45, 7) is 7.43. The van der Waals surface area contributed by atoms with Gasteiger partial charge < -0.3 is 8.94 Å². The molecule has 0 bridgehead atoms. The van der Waals surface area contributed by atoms with Crippen molar-refractivity contribution < 1.29 is 18.5 Å². The van der Waals surface area contributed by atoms with E-state index in [1.165, 1.54) is 0 Å². The number of hydrazine groups is 1. The van der Waals surface area contributed by atoms with E-state index in [0.717, 1.165) is 23.3 Å². The molecule has 0 spiro atoms. The first-order valence-electron chi connectivity index (χ1n) is 9.91. The van der Waals surface area contributed by atoms with Crippen LogP contribution in [0.5, 0.6) is 0 Å². The Morgan fingerprint density at radius 1 is 1.00 bits per heavy atom. The Balaban J connectivity index is 1.62. The van der Waals surface area contributed by atoms with E-state index in [-0.39, 0.29) is 5.71 Å². The number of pyridine rings is 1. The number of amides is 2. The van der Waals surface area contributed by atoms with Gasteiger partial charge >= 0.3 is 0 Å². The van der Waals surface area contributed by atoms with Crippen LogP contribution in [-0.2, 0) is 6.42 Å². The summed E-state index contributed by atoms with van der Waals surface area (Å²) in [6, 6.07) is 10.7. The van der Waals surface area contributed by atoms with Crippen LogP contribution in [0.1, 0.15) is 50.4 Å². The van der Waals surface area contributed by atoms with Crippen LogP contribution in [0, 0.1) is 20.8 Å². The molecule has 0 aliphatic carbocycles. The van der Waals surface area contributed by atoms with Gasteiger partial charge in [0.25, 0.3) is 17.5 Å². The number of carbonyl (C=O) groups is 2. The van der Waals surface area contributed by atoms with Crippen molar-refractivity contribution in [1.82, 2.24) is 21.0 Å². The number of carbonyl (C=O) groups excluding carboxylic acids is 2. The van der Waals surface area contributed by atoms with Crippen LogP contribution >= 0.6 is 0 Å². The fraction of sp³-hybridized carbons (Fsp3) is 0.217. The van der Waals surface area contributed by atoms with Gasteiger partial charge in [0.1, 0.15) is 11.5 Å². The van der Waals surface area contributed by atoms with Gasteiger partial charge in [-0.05, 0) is 57.0 Å². The molecule has 0 fully saturated rings. The summed E-state index contributed by atoms with van der Waals surface area (Å²) in [4.78, 5) is 29.9. The lowest BCUT2D eigenvalue weighted by Crippen LogP contribution is -2.41. The lowest BCUT2D eigenvalue weighted by molar-refractivity contribution is 0.0847. The molecule has 0 saturated carbocycles. The van der Waals surface area contributed by atoms with Crippen molar-refractivity contribution >= 4 is 22.9 Å². The fourth-order valence-electron chi connectivity index (χ4n) is 3.44. The highest BCUT2D eigenvalue weighted by Crippen LogP contribution is 2.30. The Labute approximate surface area is 178 Å². The van der Waals surface area contributed by atoms with Crippen LogP contribution in [0.2, 0.25) is 0 Å². The zero-order valence-corrected chi connectivity index (χ0v) is 17.7. The van der Waals surface area contributed by atoms with Gasteiger partial charge in [0.05, 0.1) is 22.3 Å². The van der Waals surface area contributed by atoms with E-state index in [9.17, 15) is 9.59 Å². The topological polar surface area (TPSA) is 110 Å². The highest BCUT2D eigenvalue weighted by Gasteiger charge is 2.21. The normalized spacial score (nSPS) is 11.0. The molecule has 0 radical (unpaired) electrons. The molecule has 31 heavy (non-hydrogen) atoms. The number of rotatable bonds is 4. The molecule has 2 amide bonds. The van der Waals surface area contributed by atoms with E-state index in [1.54, 1.807) is 25.1 Å². The average Bonchev–Trinajstić information content (AvgIpc) is 3.32. The molecule has 1 aromatic carbocycles. The predicted molar refractivity (Wildman–Crippen MR) is 114 cm³/mol. The van der Waals surface area contributed by atoms with Gasteiger partial charge in [-0.3, -0.25) is 20.4 Å². The molecule has 0 unspecified atom stereocenters. The first-order chi connectivity index (χ1) is 14.9. The summed E-state index contributed by atoms with van der Waals surface area (Å²) in [6.07, 6.45) is 0.882. The molecule has 8 nitrogen and oxygen atoms in total. The zero-order valence-electron chi connectivity index (χ0n) is 17.7. The van der Waals surface area contributed by atoms with E-state index < -0.39 is 11.8 Å². The number of hydrogen-bond donors (Lipinski definition) is 2. The van der Waals surface area contributed by atoms with Gasteiger partial charge in [0.15, 0.2) is 0 Å². The van der Waals surface area contributed by atoms with Crippen molar-refractivity contribution in [3.63, 3.8) is 0 Å². The van der Waals surface area contributed by atoms with E-state index in [2.05, 4.69) is 21.0 Å². The highest BCUT2D eigenvalue weighted by molar-refractivity contribution is 6.08. The third kappa shape index (κ3) is 3.92. The Kier molecular flexibility index (Phi) is 5.29. The lowest BCUT2D eigenvalue weighted by atomic mass is 10.1. The third-order valence-corrected chi connectivity index (χ3v) is 5.09. The molecule has 3 aromatic heterocycles. The van der Waals surface area contributed by atoms with Gasteiger partial charge in [-0.25, -0.2) is 4.98 Å². The average molecular weight is 418 g/mol. The van der Waals surface area contributed by atoms with Crippen molar-refractivity contribution in [1.29, 1.82) is 0 Å². The minimum atomic E-state index is -0.503. The highest BCUT2D eigenvalue weighted by atomic mass is 16.5. The smallest absolute Gasteiger partial charge is 0.270 e. The van der Waals surface area contributed by atoms with Gasteiger partial charge in [0, 0.05) is 11.1 Å². The maximum atomic E-state index is 13.0. The second-order valence-corrected chi connectivity index (χ2v) is 7.29. The molecule has 0 atom stereocenters. The summed E-state index contributed by atoms with van der Waals surface area (Å²) < 4.78 is 10.9. The van der Waals surface area contributed by atoms with Crippen molar-refractivity contribution in [2.75, 3.05) is 0 Å². The van der Waals surface area contributed by atoms with E-state index in [4.69, 9.17) is 8.94 Å². The second-order valence-electron chi connectivity index (χ2n) is 7.29. The molecule has 4 rings (SSSR count). The number of aromatic nitrogens is 2. The zero-order chi connectivity index (χ0) is 22.1. The SMILES string of the molecule is CCc1ccc(C(=O)NNC(=O)c2cc(-c3cc(C)oc3C)nc3onc(C)c23)cc1. The molecule has 158 valence electrons.